The van der Waals surface area contributed by atoms with Crippen molar-refractivity contribution in [2.75, 3.05) is 0 Å². The van der Waals surface area contributed by atoms with Crippen molar-refractivity contribution in [1.82, 2.24) is 10.3 Å². The Bertz CT molecular complexity index is 557. The average Bonchev–Trinajstić information content (AvgIpc) is 2.54. The highest BCUT2D eigenvalue weighted by atomic mass is 16.2. The number of hydrogen-bond acceptors (Lipinski definition) is 3. The van der Waals surface area contributed by atoms with Crippen molar-refractivity contribution in [2.45, 2.75) is 31.8 Å². The summed E-state index contributed by atoms with van der Waals surface area (Å²) >= 11 is 0. The van der Waals surface area contributed by atoms with Crippen LogP contribution in [0.2, 0.25) is 0 Å². The van der Waals surface area contributed by atoms with Crippen LogP contribution in [0.25, 0.3) is 0 Å². The van der Waals surface area contributed by atoms with Crippen molar-refractivity contribution in [3.8, 4) is 0 Å². The average molecular weight is 283 g/mol. The fourth-order valence-electron chi connectivity index (χ4n) is 2.15. The van der Waals surface area contributed by atoms with E-state index in [9.17, 15) is 4.79 Å². The normalized spacial score (nSPS) is 13.4. The molecule has 4 nitrogen and oxygen atoms in total. The second-order valence-electron chi connectivity index (χ2n) is 5.14. The first-order chi connectivity index (χ1) is 10.2. The molecule has 110 valence electrons. The van der Waals surface area contributed by atoms with Crippen LogP contribution in [0.5, 0.6) is 0 Å². The van der Waals surface area contributed by atoms with Crippen molar-refractivity contribution in [3.05, 3.63) is 66.0 Å². The van der Waals surface area contributed by atoms with E-state index in [1.165, 1.54) is 5.56 Å². The Morgan fingerprint density at radius 2 is 1.86 bits per heavy atom. The minimum absolute atomic E-state index is 0.0664. The van der Waals surface area contributed by atoms with Gasteiger partial charge in [-0.3, -0.25) is 9.78 Å². The van der Waals surface area contributed by atoms with Gasteiger partial charge >= 0.3 is 0 Å². The molecular weight excluding hydrogens is 262 g/mol. The summed E-state index contributed by atoms with van der Waals surface area (Å²) in [6.07, 6.45) is 4.87. The predicted molar refractivity (Wildman–Crippen MR) is 83.5 cm³/mol. The first-order valence-corrected chi connectivity index (χ1v) is 7.16. The molecule has 0 radical (unpaired) electrons. The van der Waals surface area contributed by atoms with Gasteiger partial charge in [-0.2, -0.15) is 0 Å². The van der Waals surface area contributed by atoms with Gasteiger partial charge in [0, 0.05) is 12.4 Å². The lowest BCUT2D eigenvalue weighted by Crippen LogP contribution is -2.41. The topological polar surface area (TPSA) is 68.0 Å². The smallest absolute Gasteiger partial charge is 0.237 e. The summed E-state index contributed by atoms with van der Waals surface area (Å²) in [4.78, 5) is 16.1. The number of pyridine rings is 1. The number of nitrogens with zero attached hydrogens (tertiary/aromatic N) is 1. The van der Waals surface area contributed by atoms with E-state index >= 15 is 0 Å². The molecule has 0 bridgehead atoms. The molecule has 0 fully saturated rings. The molecule has 4 heteroatoms. The molecule has 0 saturated heterocycles. The summed E-state index contributed by atoms with van der Waals surface area (Å²) in [5.41, 5.74) is 8.19. The third-order valence-corrected chi connectivity index (χ3v) is 3.49. The summed E-state index contributed by atoms with van der Waals surface area (Å²) in [7, 11) is 0. The first kappa shape index (κ1) is 15.2. The SMILES string of the molecule is CC(NC(=O)C(N)CCc1ccccc1)c1ccncc1. The van der Waals surface area contributed by atoms with Gasteiger partial charge in [0.2, 0.25) is 5.91 Å². The van der Waals surface area contributed by atoms with Gasteiger partial charge in [0.1, 0.15) is 0 Å². The highest BCUT2D eigenvalue weighted by Gasteiger charge is 2.16. The molecule has 0 aliphatic carbocycles. The van der Waals surface area contributed by atoms with Gasteiger partial charge < -0.3 is 11.1 Å². The minimum atomic E-state index is -0.491. The molecule has 2 unspecified atom stereocenters. The van der Waals surface area contributed by atoms with E-state index in [4.69, 9.17) is 5.73 Å². The quantitative estimate of drug-likeness (QED) is 0.854. The molecule has 2 rings (SSSR count). The Hall–Kier alpha value is -2.20. The molecule has 21 heavy (non-hydrogen) atoms. The van der Waals surface area contributed by atoms with E-state index in [-0.39, 0.29) is 11.9 Å². The molecule has 0 aliphatic heterocycles. The lowest BCUT2D eigenvalue weighted by molar-refractivity contribution is -0.123. The summed E-state index contributed by atoms with van der Waals surface area (Å²) in [6, 6.07) is 13.3. The molecule has 0 spiro atoms. The number of aromatic nitrogens is 1. The van der Waals surface area contributed by atoms with Gasteiger partial charge in [0.15, 0.2) is 0 Å². The number of aryl methyl sites for hydroxylation is 1. The molecule has 0 saturated carbocycles. The molecule has 1 amide bonds. The third kappa shape index (κ3) is 4.68. The monoisotopic (exact) mass is 283 g/mol. The highest BCUT2D eigenvalue weighted by molar-refractivity contribution is 5.81. The van der Waals surface area contributed by atoms with E-state index in [1.807, 2.05) is 49.4 Å². The summed E-state index contributed by atoms with van der Waals surface area (Å²) in [6.45, 7) is 1.94. The van der Waals surface area contributed by atoms with Gasteiger partial charge in [-0.25, -0.2) is 0 Å². The number of amides is 1. The summed E-state index contributed by atoms with van der Waals surface area (Å²) < 4.78 is 0. The maximum absolute atomic E-state index is 12.1. The van der Waals surface area contributed by atoms with Crippen molar-refractivity contribution in [1.29, 1.82) is 0 Å². The van der Waals surface area contributed by atoms with E-state index in [2.05, 4.69) is 10.3 Å². The van der Waals surface area contributed by atoms with Crippen LogP contribution in [-0.4, -0.2) is 16.9 Å². The molecule has 0 aliphatic rings. The van der Waals surface area contributed by atoms with Gasteiger partial charge in [0.05, 0.1) is 12.1 Å². The standard InChI is InChI=1S/C17H21N3O/c1-13(15-9-11-19-12-10-15)20-17(21)16(18)8-7-14-5-3-2-4-6-14/h2-6,9-13,16H,7-8,18H2,1H3,(H,20,21). The number of rotatable bonds is 6. The van der Waals surface area contributed by atoms with Gasteiger partial charge in [-0.15, -0.1) is 0 Å². The third-order valence-electron chi connectivity index (χ3n) is 3.49. The van der Waals surface area contributed by atoms with E-state index < -0.39 is 6.04 Å². The number of carbonyl (C=O) groups is 1. The number of carbonyl (C=O) groups excluding carboxylic acids is 1. The molecule has 1 aromatic carbocycles. The Kier molecular flexibility index (Phi) is 5.46. The summed E-state index contributed by atoms with van der Waals surface area (Å²) in [5.74, 6) is -0.116. The highest BCUT2D eigenvalue weighted by Crippen LogP contribution is 2.11. The van der Waals surface area contributed by atoms with Gasteiger partial charge in [0.25, 0.3) is 0 Å². The second-order valence-corrected chi connectivity index (χ2v) is 5.14. The number of nitrogens with one attached hydrogen (secondary N) is 1. The number of hydrogen-bond donors (Lipinski definition) is 2. The molecule has 3 N–H and O–H groups in total. The molecule has 1 aromatic heterocycles. The zero-order chi connectivity index (χ0) is 15.1. The Morgan fingerprint density at radius 1 is 1.19 bits per heavy atom. The minimum Gasteiger partial charge on any atom is -0.348 e. The van der Waals surface area contributed by atoms with Gasteiger partial charge in [-0.1, -0.05) is 30.3 Å². The zero-order valence-corrected chi connectivity index (χ0v) is 12.2. The van der Waals surface area contributed by atoms with Crippen molar-refractivity contribution < 1.29 is 4.79 Å². The molecular formula is C17H21N3O. The second kappa shape index (κ2) is 7.55. The van der Waals surface area contributed by atoms with Crippen LogP contribution in [0.15, 0.2) is 54.9 Å². The first-order valence-electron chi connectivity index (χ1n) is 7.16. The maximum atomic E-state index is 12.1. The van der Waals surface area contributed by atoms with Crippen LogP contribution in [0.1, 0.15) is 30.5 Å². The number of benzene rings is 1. The van der Waals surface area contributed by atoms with E-state index in [0.717, 1.165) is 12.0 Å². The largest absolute Gasteiger partial charge is 0.348 e. The van der Waals surface area contributed by atoms with Crippen molar-refractivity contribution in [3.63, 3.8) is 0 Å². The lowest BCUT2D eigenvalue weighted by Gasteiger charge is -2.17. The van der Waals surface area contributed by atoms with Crippen LogP contribution in [0, 0.1) is 0 Å². The number of nitrogens with two attached hydrogens (primary N) is 1. The van der Waals surface area contributed by atoms with E-state index in [0.29, 0.717) is 6.42 Å². The van der Waals surface area contributed by atoms with Crippen LogP contribution in [0.4, 0.5) is 0 Å². The lowest BCUT2D eigenvalue weighted by atomic mass is 10.0. The van der Waals surface area contributed by atoms with Crippen LogP contribution < -0.4 is 11.1 Å². The Balaban J connectivity index is 1.82. The molecule has 2 aromatic rings. The maximum Gasteiger partial charge on any atom is 0.237 e. The van der Waals surface area contributed by atoms with Crippen LogP contribution in [0.3, 0.4) is 0 Å². The Morgan fingerprint density at radius 3 is 2.52 bits per heavy atom. The zero-order valence-electron chi connectivity index (χ0n) is 12.2. The van der Waals surface area contributed by atoms with Crippen LogP contribution >= 0.6 is 0 Å². The fraction of sp³-hybridized carbons (Fsp3) is 0.294. The predicted octanol–water partition coefficient (Wildman–Crippen LogP) is 2.22. The van der Waals surface area contributed by atoms with E-state index in [1.54, 1.807) is 12.4 Å². The molecule has 2 atom stereocenters. The van der Waals surface area contributed by atoms with Crippen molar-refractivity contribution in [2.24, 2.45) is 5.73 Å². The van der Waals surface area contributed by atoms with Crippen molar-refractivity contribution >= 4 is 5.91 Å². The summed E-state index contributed by atoms with van der Waals surface area (Å²) in [5, 5.41) is 2.94. The van der Waals surface area contributed by atoms with Crippen LogP contribution in [-0.2, 0) is 11.2 Å². The van der Waals surface area contributed by atoms with Gasteiger partial charge in [-0.05, 0) is 43.0 Å². The molecule has 1 heterocycles. The Labute approximate surface area is 125 Å². The fourth-order valence-corrected chi connectivity index (χ4v) is 2.15.